The minimum atomic E-state index is -0.884. The highest BCUT2D eigenvalue weighted by atomic mass is 32.2. The number of hydrogen-bond acceptors (Lipinski definition) is 10. The van der Waals surface area contributed by atoms with Crippen LogP contribution in [-0.4, -0.2) is 60.0 Å². The molecule has 1 aromatic heterocycles. The number of carbonyl (C=O) groups excluding carboxylic acids is 3. The number of hydrogen-bond donors (Lipinski definition) is 2. The lowest BCUT2D eigenvalue weighted by atomic mass is 10.0. The molecule has 2 aliphatic heterocycles. The fourth-order valence-electron chi connectivity index (χ4n) is 4.96. The van der Waals surface area contributed by atoms with Crippen LogP contribution in [0.5, 0.6) is 0 Å². The first-order chi connectivity index (χ1) is 21.4. The predicted molar refractivity (Wildman–Crippen MR) is 162 cm³/mol. The molecule has 0 saturated carbocycles. The van der Waals surface area contributed by atoms with Crippen LogP contribution in [0.4, 0.5) is 5.69 Å². The van der Waals surface area contributed by atoms with Crippen molar-refractivity contribution in [1.29, 1.82) is 0 Å². The molecule has 222 valence electrons. The molecule has 6 rings (SSSR count). The fourth-order valence-corrected chi connectivity index (χ4v) is 7.30. The van der Waals surface area contributed by atoms with Crippen LogP contribution in [0.3, 0.4) is 0 Å². The molecule has 2 amide bonds. The van der Waals surface area contributed by atoms with Crippen LogP contribution in [0.25, 0.3) is 0 Å². The highest BCUT2D eigenvalue weighted by molar-refractivity contribution is 8.06. The average molecular weight is 629 g/mol. The number of aromatic nitrogens is 3. The summed E-state index contributed by atoms with van der Waals surface area (Å²) in [6.07, 6.45) is 0.543. The van der Waals surface area contributed by atoms with Crippen LogP contribution in [0, 0.1) is 10.1 Å². The number of H-pyrrole nitrogens is 1. The molecular formula is C30H24N6O6S2. The van der Waals surface area contributed by atoms with E-state index in [1.807, 2.05) is 60.7 Å². The maximum atomic E-state index is 14.0. The quantitative estimate of drug-likeness (QED) is 0.114. The Bertz CT molecular complexity index is 1700. The normalized spacial score (nSPS) is 17.6. The number of ether oxygens (including phenoxy) is 1. The predicted octanol–water partition coefficient (Wildman–Crippen LogP) is 3.99. The van der Waals surface area contributed by atoms with Gasteiger partial charge in [-0.1, -0.05) is 84.6 Å². The lowest BCUT2D eigenvalue weighted by Gasteiger charge is -2.49. The number of nitro groups is 1. The fraction of sp³-hybridized carbons (Fsp3) is 0.167. The van der Waals surface area contributed by atoms with E-state index in [9.17, 15) is 24.5 Å². The van der Waals surface area contributed by atoms with Crippen molar-refractivity contribution in [3.63, 3.8) is 0 Å². The molecule has 14 heteroatoms. The van der Waals surface area contributed by atoms with Crippen LogP contribution < -0.4 is 5.32 Å². The second kappa shape index (κ2) is 12.7. The minimum Gasteiger partial charge on any atom is -0.448 e. The van der Waals surface area contributed by atoms with Gasteiger partial charge < -0.3 is 15.0 Å². The van der Waals surface area contributed by atoms with Crippen molar-refractivity contribution in [2.75, 3.05) is 5.75 Å². The van der Waals surface area contributed by atoms with Crippen LogP contribution in [0.1, 0.15) is 22.8 Å². The van der Waals surface area contributed by atoms with Gasteiger partial charge in [0.1, 0.15) is 23.4 Å². The topological polar surface area (TPSA) is 160 Å². The summed E-state index contributed by atoms with van der Waals surface area (Å²) in [4.78, 5) is 55.8. The number of non-ortho nitro benzene ring substituents is 1. The minimum absolute atomic E-state index is 0.0844. The maximum Gasteiger partial charge on any atom is 0.356 e. The summed E-state index contributed by atoms with van der Waals surface area (Å²) < 4.78 is 6.14. The summed E-state index contributed by atoms with van der Waals surface area (Å²) >= 11 is 2.58. The number of fused-ring (bicyclic) bond motifs is 1. The molecule has 0 bridgehead atoms. The largest absolute Gasteiger partial charge is 0.448 e. The molecule has 3 heterocycles. The van der Waals surface area contributed by atoms with Crippen LogP contribution >= 0.6 is 23.5 Å². The van der Waals surface area contributed by atoms with Crippen molar-refractivity contribution in [2.45, 2.75) is 29.1 Å². The molecule has 0 radical (unpaired) electrons. The molecular weight excluding hydrogens is 605 g/mol. The number of aromatic amines is 1. The molecule has 3 aromatic carbocycles. The number of thioether (sulfide) groups is 2. The summed E-state index contributed by atoms with van der Waals surface area (Å²) in [5.41, 5.74) is 1.93. The van der Waals surface area contributed by atoms with Gasteiger partial charge in [-0.15, -0.1) is 22.0 Å². The standard InChI is InChI=1S/C30H24N6O6S2/c37-23(15-18-8-7-13-21(14-18)36(40)41)33-24-27(38)35-25(22(16-43-28(24)35)44-30-31-17-32-34-30)29(39)42-26(19-9-3-1-4-10-19)20-11-5-2-6-12-20/h1-14,17,24,26,28H,15-16H2,(H,33,37)(H,31,32,34)/t24-,28+/m1/s1. The lowest BCUT2D eigenvalue weighted by Crippen LogP contribution is -2.70. The second-order valence-electron chi connectivity index (χ2n) is 9.83. The van der Waals surface area contributed by atoms with Crippen LogP contribution in [-0.2, 0) is 25.5 Å². The van der Waals surface area contributed by atoms with E-state index in [2.05, 4.69) is 20.5 Å². The molecule has 44 heavy (non-hydrogen) atoms. The van der Waals surface area contributed by atoms with Gasteiger partial charge in [-0.3, -0.25) is 24.6 Å². The zero-order valence-corrected chi connectivity index (χ0v) is 24.5. The van der Waals surface area contributed by atoms with Crippen molar-refractivity contribution in [2.24, 2.45) is 0 Å². The van der Waals surface area contributed by atoms with E-state index in [0.29, 0.717) is 21.4 Å². The number of β-lactam (4-membered cyclic amide) rings is 1. The first-order valence-electron chi connectivity index (χ1n) is 13.4. The number of amides is 2. The third kappa shape index (κ3) is 6.07. The monoisotopic (exact) mass is 628 g/mol. The Morgan fingerprint density at radius 3 is 2.43 bits per heavy atom. The summed E-state index contributed by atoms with van der Waals surface area (Å²) in [6, 6.07) is 23.5. The summed E-state index contributed by atoms with van der Waals surface area (Å²) in [5.74, 6) is -1.27. The molecule has 2 aliphatic rings. The Morgan fingerprint density at radius 1 is 1.09 bits per heavy atom. The number of benzene rings is 3. The van der Waals surface area contributed by atoms with Gasteiger partial charge in [0.05, 0.1) is 11.3 Å². The molecule has 1 saturated heterocycles. The first kappa shape index (κ1) is 29.1. The third-order valence-electron chi connectivity index (χ3n) is 6.97. The SMILES string of the molecule is O=C(Cc1cccc([N+](=O)[O-])c1)N[C@@H]1C(=O)N2C(C(=O)OC(c3ccccc3)c3ccccc3)=C(Sc3nnc[nH]3)CS[C@@H]12. The number of carbonyl (C=O) groups is 3. The van der Waals surface area contributed by atoms with Gasteiger partial charge in [-0.25, -0.2) is 4.79 Å². The molecule has 2 N–H and O–H groups in total. The zero-order chi connectivity index (χ0) is 30.6. The summed E-state index contributed by atoms with van der Waals surface area (Å²) in [7, 11) is 0. The molecule has 12 nitrogen and oxygen atoms in total. The molecule has 0 unspecified atom stereocenters. The number of rotatable bonds is 10. The molecule has 1 fully saturated rings. The van der Waals surface area contributed by atoms with Gasteiger partial charge in [-0.2, -0.15) is 0 Å². The molecule has 2 atom stereocenters. The number of nitrogens with one attached hydrogen (secondary N) is 2. The number of esters is 1. The van der Waals surface area contributed by atoms with Gasteiger partial charge in [0.2, 0.25) is 5.91 Å². The first-order valence-corrected chi connectivity index (χ1v) is 15.3. The van der Waals surface area contributed by atoms with Crippen molar-refractivity contribution in [3.05, 3.63) is 129 Å². The Labute approximate surface area is 259 Å². The van der Waals surface area contributed by atoms with Crippen molar-refractivity contribution < 1.29 is 24.0 Å². The van der Waals surface area contributed by atoms with E-state index in [-0.39, 0.29) is 17.8 Å². The molecule has 0 spiro atoms. The van der Waals surface area contributed by atoms with E-state index in [1.54, 1.807) is 6.07 Å². The average Bonchev–Trinajstić information content (AvgIpc) is 3.56. The number of nitro benzene ring substituents is 1. The van der Waals surface area contributed by atoms with Crippen molar-refractivity contribution >= 4 is 47.0 Å². The molecule has 0 aliphatic carbocycles. The van der Waals surface area contributed by atoms with Crippen molar-refractivity contribution in [3.8, 4) is 0 Å². The van der Waals surface area contributed by atoms with Crippen LogP contribution in [0.15, 0.2) is 107 Å². The van der Waals surface area contributed by atoms with E-state index in [1.165, 1.54) is 53.0 Å². The Kier molecular flexibility index (Phi) is 8.43. The van der Waals surface area contributed by atoms with Gasteiger partial charge >= 0.3 is 5.97 Å². The van der Waals surface area contributed by atoms with Gasteiger partial charge in [0.25, 0.3) is 11.6 Å². The third-order valence-corrected chi connectivity index (χ3v) is 9.41. The van der Waals surface area contributed by atoms with E-state index >= 15 is 0 Å². The summed E-state index contributed by atoms with van der Waals surface area (Å²) in [5, 5.41) is 21.6. The van der Waals surface area contributed by atoms with Crippen molar-refractivity contribution in [1.82, 2.24) is 25.4 Å². The number of nitrogens with zero attached hydrogens (tertiary/aromatic N) is 4. The van der Waals surface area contributed by atoms with Gasteiger partial charge in [0.15, 0.2) is 11.3 Å². The zero-order valence-electron chi connectivity index (χ0n) is 22.9. The summed E-state index contributed by atoms with van der Waals surface area (Å²) in [6.45, 7) is 0. The van der Waals surface area contributed by atoms with Crippen LogP contribution in [0.2, 0.25) is 0 Å². The smallest absolute Gasteiger partial charge is 0.356 e. The highest BCUT2D eigenvalue weighted by Crippen LogP contribution is 2.45. The van der Waals surface area contributed by atoms with Gasteiger partial charge in [0, 0.05) is 22.8 Å². The van der Waals surface area contributed by atoms with E-state index in [0.717, 1.165) is 11.1 Å². The Morgan fingerprint density at radius 2 is 1.80 bits per heavy atom. The Hall–Kier alpha value is -4.95. The molecule has 4 aromatic rings. The highest BCUT2D eigenvalue weighted by Gasteiger charge is 2.55. The van der Waals surface area contributed by atoms with Gasteiger partial charge in [-0.05, 0) is 16.7 Å². The van der Waals surface area contributed by atoms with E-state index in [4.69, 9.17) is 4.74 Å². The van der Waals surface area contributed by atoms with E-state index < -0.39 is 40.2 Å². The Balaban J connectivity index is 1.25. The lowest BCUT2D eigenvalue weighted by molar-refractivity contribution is -0.384. The second-order valence-corrected chi connectivity index (χ2v) is 12.0. The maximum absolute atomic E-state index is 14.0.